The van der Waals surface area contributed by atoms with E-state index < -0.39 is 0 Å². The summed E-state index contributed by atoms with van der Waals surface area (Å²) < 4.78 is 11.2. The number of unbranched alkanes of at least 4 members (excludes halogenated alkanes) is 15. The van der Waals surface area contributed by atoms with Crippen molar-refractivity contribution in [1.29, 1.82) is 0 Å². The molecule has 0 aromatic rings. The van der Waals surface area contributed by atoms with Crippen LogP contribution in [0.5, 0.6) is 0 Å². The maximum Gasteiger partial charge on any atom is 0.308 e. The normalized spacial score (nSPS) is 20.7. The quantitative estimate of drug-likeness (QED) is 0.108. The third-order valence-corrected chi connectivity index (χ3v) is 6.49. The Morgan fingerprint density at radius 1 is 0.690 bits per heavy atom. The van der Waals surface area contributed by atoms with Crippen molar-refractivity contribution in [2.45, 2.75) is 161 Å². The third kappa shape index (κ3) is 12.7. The Bertz CT molecular complexity index is 395. The zero-order valence-electron chi connectivity index (χ0n) is 19.9. The molecule has 0 aromatic carbocycles. The van der Waals surface area contributed by atoms with E-state index in [0.29, 0.717) is 6.42 Å². The van der Waals surface area contributed by atoms with E-state index in [9.17, 15) is 4.79 Å². The van der Waals surface area contributed by atoms with Crippen molar-refractivity contribution >= 4 is 5.97 Å². The summed E-state index contributed by atoms with van der Waals surface area (Å²) in [5, 5.41) is 0. The summed E-state index contributed by atoms with van der Waals surface area (Å²) in [5.41, 5.74) is -0.166. The van der Waals surface area contributed by atoms with Crippen LogP contribution in [-0.2, 0) is 14.3 Å². The Morgan fingerprint density at radius 2 is 1.14 bits per heavy atom. The van der Waals surface area contributed by atoms with Crippen LogP contribution in [0.4, 0.5) is 0 Å². The molecule has 172 valence electrons. The van der Waals surface area contributed by atoms with Gasteiger partial charge in [0.25, 0.3) is 0 Å². The molecular formula is C26H50O3. The lowest BCUT2D eigenvalue weighted by Gasteiger charge is -2.09. The highest BCUT2D eigenvalue weighted by atomic mass is 16.8. The average Bonchev–Trinajstić information content (AvgIpc) is 3.41. The molecule has 3 heteroatoms. The molecule has 3 nitrogen and oxygen atoms in total. The smallest absolute Gasteiger partial charge is 0.308 e. The Balaban J connectivity index is 1.82. The lowest BCUT2D eigenvalue weighted by molar-refractivity contribution is -0.148. The number of hydrogen-bond acceptors (Lipinski definition) is 3. The molecule has 1 aliphatic heterocycles. The van der Waals surface area contributed by atoms with E-state index in [2.05, 4.69) is 20.8 Å². The van der Waals surface area contributed by atoms with E-state index in [1.165, 1.54) is 83.5 Å². The molecule has 0 amide bonds. The minimum Gasteiger partial charge on any atom is -0.432 e. The third-order valence-electron chi connectivity index (χ3n) is 6.49. The van der Waals surface area contributed by atoms with Gasteiger partial charge in [-0.1, -0.05) is 124 Å². The SMILES string of the molecule is CCCCCCCCCCCCCCCCCC(=O)OC1OC1(CC)CCCC. The van der Waals surface area contributed by atoms with Crippen LogP contribution in [0.25, 0.3) is 0 Å². The highest BCUT2D eigenvalue weighted by Crippen LogP contribution is 2.44. The molecule has 0 aromatic heterocycles. The lowest BCUT2D eigenvalue weighted by atomic mass is 9.99. The first-order valence-electron chi connectivity index (χ1n) is 13.1. The van der Waals surface area contributed by atoms with E-state index in [-0.39, 0.29) is 17.9 Å². The van der Waals surface area contributed by atoms with Crippen molar-refractivity contribution in [3.05, 3.63) is 0 Å². The number of ether oxygens (including phenoxy) is 2. The Kier molecular flexibility index (Phi) is 15.6. The maximum atomic E-state index is 12.0. The molecule has 1 fully saturated rings. The van der Waals surface area contributed by atoms with Crippen LogP contribution < -0.4 is 0 Å². The van der Waals surface area contributed by atoms with Gasteiger partial charge in [0.05, 0.1) is 0 Å². The summed E-state index contributed by atoms with van der Waals surface area (Å²) in [6.07, 6.45) is 24.7. The fraction of sp³-hybridized carbons (Fsp3) is 0.962. The second-order valence-electron chi connectivity index (χ2n) is 9.16. The minimum atomic E-state index is -0.275. The van der Waals surface area contributed by atoms with Gasteiger partial charge in [-0.3, -0.25) is 4.79 Å². The summed E-state index contributed by atoms with van der Waals surface area (Å²) in [6.45, 7) is 6.59. The van der Waals surface area contributed by atoms with Crippen molar-refractivity contribution in [3.8, 4) is 0 Å². The van der Waals surface area contributed by atoms with Crippen LogP contribution in [0, 0.1) is 0 Å². The van der Waals surface area contributed by atoms with Gasteiger partial charge in [-0.25, -0.2) is 0 Å². The van der Waals surface area contributed by atoms with E-state index in [4.69, 9.17) is 9.47 Å². The van der Waals surface area contributed by atoms with Crippen LogP contribution in [-0.4, -0.2) is 17.9 Å². The molecular weight excluding hydrogens is 360 g/mol. The number of rotatable bonds is 21. The number of epoxide rings is 1. The van der Waals surface area contributed by atoms with Gasteiger partial charge in [0.2, 0.25) is 6.29 Å². The van der Waals surface area contributed by atoms with Crippen molar-refractivity contribution in [2.24, 2.45) is 0 Å². The van der Waals surface area contributed by atoms with Crippen molar-refractivity contribution < 1.29 is 14.3 Å². The first-order valence-corrected chi connectivity index (χ1v) is 13.1. The number of carbonyl (C=O) groups is 1. The highest BCUT2D eigenvalue weighted by molar-refractivity contribution is 5.69. The molecule has 1 aliphatic rings. The Morgan fingerprint density at radius 3 is 1.59 bits per heavy atom. The zero-order valence-corrected chi connectivity index (χ0v) is 19.9. The van der Waals surface area contributed by atoms with E-state index >= 15 is 0 Å². The summed E-state index contributed by atoms with van der Waals surface area (Å²) in [7, 11) is 0. The van der Waals surface area contributed by atoms with Crippen molar-refractivity contribution in [3.63, 3.8) is 0 Å². The highest BCUT2D eigenvalue weighted by Gasteiger charge is 2.57. The van der Waals surface area contributed by atoms with Crippen LogP contribution >= 0.6 is 0 Å². The van der Waals surface area contributed by atoms with E-state index in [1.54, 1.807) is 0 Å². The van der Waals surface area contributed by atoms with Gasteiger partial charge in [-0.15, -0.1) is 0 Å². The lowest BCUT2D eigenvalue weighted by Crippen LogP contribution is -2.18. The fourth-order valence-electron chi connectivity index (χ4n) is 4.21. The van der Waals surface area contributed by atoms with Gasteiger partial charge in [0.1, 0.15) is 5.60 Å². The summed E-state index contributed by atoms with van der Waals surface area (Å²) in [6, 6.07) is 0. The maximum absolute atomic E-state index is 12.0. The van der Waals surface area contributed by atoms with Crippen LogP contribution in [0.1, 0.15) is 149 Å². The monoisotopic (exact) mass is 410 g/mol. The molecule has 1 heterocycles. The second kappa shape index (κ2) is 17.1. The first-order chi connectivity index (χ1) is 14.2. The summed E-state index contributed by atoms with van der Waals surface area (Å²) in [4.78, 5) is 12.0. The molecule has 1 rings (SSSR count). The van der Waals surface area contributed by atoms with Gasteiger partial charge in [0.15, 0.2) is 0 Å². The van der Waals surface area contributed by atoms with Crippen molar-refractivity contribution in [1.82, 2.24) is 0 Å². The Labute approximate surface area is 181 Å². The van der Waals surface area contributed by atoms with Gasteiger partial charge in [0, 0.05) is 6.42 Å². The standard InChI is InChI=1S/C26H50O3/c1-4-7-9-10-11-12-13-14-15-16-17-18-19-20-21-22-24(27)28-25-26(6-3,29-25)23-8-5-2/h25H,4-23H2,1-3H3. The molecule has 2 atom stereocenters. The van der Waals surface area contributed by atoms with Gasteiger partial charge in [-0.2, -0.15) is 0 Å². The van der Waals surface area contributed by atoms with E-state index in [0.717, 1.165) is 38.5 Å². The molecule has 0 spiro atoms. The minimum absolute atomic E-state index is 0.0727. The van der Waals surface area contributed by atoms with Crippen LogP contribution in [0.3, 0.4) is 0 Å². The Hall–Kier alpha value is -0.570. The van der Waals surface area contributed by atoms with Crippen LogP contribution in [0.15, 0.2) is 0 Å². The first kappa shape index (κ1) is 26.5. The molecule has 0 radical (unpaired) electrons. The number of hydrogen-bond donors (Lipinski definition) is 0. The molecule has 0 N–H and O–H groups in total. The number of carbonyl (C=O) groups excluding carboxylic acids is 1. The largest absolute Gasteiger partial charge is 0.432 e. The summed E-state index contributed by atoms with van der Waals surface area (Å²) in [5.74, 6) is -0.0727. The number of esters is 1. The second-order valence-corrected chi connectivity index (χ2v) is 9.16. The van der Waals surface area contributed by atoms with Crippen LogP contribution in [0.2, 0.25) is 0 Å². The van der Waals surface area contributed by atoms with Gasteiger partial charge in [-0.05, 0) is 19.3 Å². The molecule has 1 saturated heterocycles. The zero-order chi connectivity index (χ0) is 21.2. The predicted octanol–water partition coefficient (Wildman–Crippen LogP) is 8.49. The summed E-state index contributed by atoms with van der Waals surface area (Å²) >= 11 is 0. The molecule has 0 bridgehead atoms. The van der Waals surface area contributed by atoms with Gasteiger partial charge < -0.3 is 9.47 Å². The average molecular weight is 411 g/mol. The van der Waals surface area contributed by atoms with Gasteiger partial charge >= 0.3 is 5.97 Å². The molecule has 2 unspecified atom stereocenters. The molecule has 29 heavy (non-hydrogen) atoms. The van der Waals surface area contributed by atoms with E-state index in [1.807, 2.05) is 0 Å². The topological polar surface area (TPSA) is 38.8 Å². The molecule has 0 saturated carbocycles. The predicted molar refractivity (Wildman–Crippen MR) is 123 cm³/mol. The van der Waals surface area contributed by atoms with Crippen molar-refractivity contribution in [2.75, 3.05) is 0 Å². The fourth-order valence-corrected chi connectivity index (χ4v) is 4.21. The molecule has 0 aliphatic carbocycles.